The van der Waals surface area contributed by atoms with Crippen molar-refractivity contribution in [1.82, 2.24) is 15.2 Å². The van der Waals surface area contributed by atoms with E-state index in [1.807, 2.05) is 23.1 Å². The third-order valence-electron chi connectivity index (χ3n) is 3.64. The molecule has 1 atom stereocenters. The third kappa shape index (κ3) is 2.85. The molecule has 0 radical (unpaired) electrons. The number of hydrazine groups is 1. The average Bonchev–Trinajstić information content (AvgIpc) is 2.97. The normalized spacial score (nSPS) is 12.7. The molecule has 2 aromatic carbocycles. The molecule has 3 rings (SSSR count). The topological polar surface area (TPSA) is 55.9 Å². The zero-order valence-corrected chi connectivity index (χ0v) is 13.3. The van der Waals surface area contributed by atoms with Crippen molar-refractivity contribution in [3.05, 3.63) is 64.4 Å². The van der Waals surface area contributed by atoms with Crippen LogP contribution in [-0.4, -0.2) is 9.78 Å². The maximum absolute atomic E-state index is 5.76. The summed E-state index contributed by atoms with van der Waals surface area (Å²) in [6.45, 7) is 2.92. The van der Waals surface area contributed by atoms with Gasteiger partial charge in [-0.25, -0.2) is 5.43 Å². The fourth-order valence-corrected chi connectivity index (χ4v) is 2.88. The summed E-state index contributed by atoms with van der Waals surface area (Å²) in [6, 6.07) is 12.6. The van der Waals surface area contributed by atoms with Crippen molar-refractivity contribution in [2.45, 2.75) is 19.5 Å². The SMILES string of the molecule is CCn1cc(C(NN)c2ccc3cc(Br)ccc3c2)cn1. The Balaban J connectivity index is 2.02. The number of nitrogens with one attached hydrogen (secondary N) is 1. The van der Waals surface area contributed by atoms with Crippen LogP contribution in [0.15, 0.2) is 53.3 Å². The molecule has 0 spiro atoms. The number of aryl methyl sites for hydroxylation is 1. The molecule has 0 aliphatic heterocycles. The van der Waals surface area contributed by atoms with Crippen molar-refractivity contribution in [3.8, 4) is 0 Å². The van der Waals surface area contributed by atoms with E-state index in [1.165, 1.54) is 10.8 Å². The summed E-state index contributed by atoms with van der Waals surface area (Å²) in [5.41, 5.74) is 5.08. The Morgan fingerprint density at radius 1 is 1.19 bits per heavy atom. The number of aromatic nitrogens is 2. The van der Waals surface area contributed by atoms with Crippen LogP contribution in [-0.2, 0) is 6.54 Å². The Morgan fingerprint density at radius 3 is 2.67 bits per heavy atom. The predicted octanol–water partition coefficient (Wildman–Crippen LogP) is 3.37. The van der Waals surface area contributed by atoms with Crippen LogP contribution in [0.25, 0.3) is 10.8 Å². The summed E-state index contributed by atoms with van der Waals surface area (Å²) >= 11 is 3.50. The maximum atomic E-state index is 5.76. The van der Waals surface area contributed by atoms with Gasteiger partial charge in [0.2, 0.25) is 0 Å². The van der Waals surface area contributed by atoms with Crippen molar-refractivity contribution in [2.75, 3.05) is 0 Å². The van der Waals surface area contributed by atoms with Crippen LogP contribution in [0.2, 0.25) is 0 Å². The summed E-state index contributed by atoms with van der Waals surface area (Å²) in [6.07, 6.45) is 3.89. The number of benzene rings is 2. The molecule has 0 saturated heterocycles. The average molecular weight is 345 g/mol. The fourth-order valence-electron chi connectivity index (χ4n) is 2.50. The number of nitrogens with two attached hydrogens (primary N) is 1. The lowest BCUT2D eigenvalue weighted by Gasteiger charge is -2.15. The van der Waals surface area contributed by atoms with Crippen LogP contribution in [0.3, 0.4) is 0 Å². The Hall–Kier alpha value is -1.69. The van der Waals surface area contributed by atoms with Crippen molar-refractivity contribution in [2.24, 2.45) is 5.84 Å². The van der Waals surface area contributed by atoms with E-state index in [0.29, 0.717) is 0 Å². The van der Waals surface area contributed by atoms with Gasteiger partial charge in [-0.3, -0.25) is 10.5 Å². The van der Waals surface area contributed by atoms with E-state index in [1.54, 1.807) is 0 Å². The molecule has 0 saturated carbocycles. The first kappa shape index (κ1) is 14.3. The van der Waals surface area contributed by atoms with Crippen LogP contribution in [0.4, 0.5) is 0 Å². The van der Waals surface area contributed by atoms with Crippen LogP contribution in [0, 0.1) is 0 Å². The highest BCUT2D eigenvalue weighted by Gasteiger charge is 2.14. The van der Waals surface area contributed by atoms with Crippen molar-refractivity contribution >= 4 is 26.7 Å². The zero-order chi connectivity index (χ0) is 14.8. The van der Waals surface area contributed by atoms with E-state index in [-0.39, 0.29) is 6.04 Å². The lowest BCUT2D eigenvalue weighted by atomic mass is 9.99. The summed E-state index contributed by atoms with van der Waals surface area (Å²) in [7, 11) is 0. The van der Waals surface area contributed by atoms with Gasteiger partial charge in [0, 0.05) is 22.8 Å². The van der Waals surface area contributed by atoms with Gasteiger partial charge in [-0.1, -0.05) is 34.1 Å². The van der Waals surface area contributed by atoms with Gasteiger partial charge in [0.1, 0.15) is 0 Å². The molecule has 0 aliphatic carbocycles. The molecule has 21 heavy (non-hydrogen) atoms. The Kier molecular flexibility index (Phi) is 4.05. The minimum Gasteiger partial charge on any atom is -0.273 e. The zero-order valence-electron chi connectivity index (χ0n) is 11.8. The van der Waals surface area contributed by atoms with Gasteiger partial charge in [0.15, 0.2) is 0 Å². The van der Waals surface area contributed by atoms with Gasteiger partial charge in [0.05, 0.1) is 12.2 Å². The molecule has 1 aromatic heterocycles. The Morgan fingerprint density at radius 2 is 1.95 bits per heavy atom. The monoisotopic (exact) mass is 344 g/mol. The van der Waals surface area contributed by atoms with Crippen molar-refractivity contribution in [1.29, 1.82) is 0 Å². The number of rotatable bonds is 4. The first-order valence-corrected chi connectivity index (χ1v) is 7.68. The maximum Gasteiger partial charge on any atom is 0.0740 e. The van der Waals surface area contributed by atoms with Gasteiger partial charge in [-0.2, -0.15) is 5.10 Å². The second-order valence-corrected chi connectivity index (χ2v) is 5.90. The number of nitrogens with zero attached hydrogens (tertiary/aromatic N) is 2. The lowest BCUT2D eigenvalue weighted by Crippen LogP contribution is -2.28. The molecule has 4 nitrogen and oxygen atoms in total. The van der Waals surface area contributed by atoms with Crippen molar-refractivity contribution < 1.29 is 0 Å². The molecule has 1 unspecified atom stereocenters. The number of hydrogen-bond donors (Lipinski definition) is 2. The van der Waals surface area contributed by atoms with E-state index >= 15 is 0 Å². The molecule has 3 N–H and O–H groups in total. The second kappa shape index (κ2) is 5.97. The van der Waals surface area contributed by atoms with Crippen LogP contribution in [0.5, 0.6) is 0 Å². The lowest BCUT2D eigenvalue weighted by molar-refractivity contribution is 0.630. The molecule has 108 valence electrons. The largest absolute Gasteiger partial charge is 0.273 e. The van der Waals surface area contributed by atoms with E-state index in [4.69, 9.17) is 5.84 Å². The standard InChI is InChI=1S/C16H17BrN4/c1-2-21-10-14(9-19-21)16(20-18)13-4-3-12-8-15(17)6-5-11(12)7-13/h3-10,16,20H,2,18H2,1H3. The highest BCUT2D eigenvalue weighted by Crippen LogP contribution is 2.26. The molecule has 0 aliphatic rings. The number of fused-ring (bicyclic) bond motifs is 1. The minimum atomic E-state index is -0.0571. The van der Waals surface area contributed by atoms with E-state index in [0.717, 1.165) is 22.1 Å². The molecular formula is C16H17BrN4. The molecule has 3 aromatic rings. The number of hydrogen-bond acceptors (Lipinski definition) is 3. The van der Waals surface area contributed by atoms with E-state index in [9.17, 15) is 0 Å². The Bertz CT molecular complexity index is 766. The van der Waals surface area contributed by atoms with Gasteiger partial charge in [-0.05, 0) is 41.5 Å². The first-order chi connectivity index (χ1) is 10.2. The third-order valence-corrected chi connectivity index (χ3v) is 4.13. The molecule has 1 heterocycles. The molecule has 0 fully saturated rings. The summed E-state index contributed by atoms with van der Waals surface area (Å²) in [5.74, 6) is 5.76. The van der Waals surface area contributed by atoms with Crippen LogP contribution >= 0.6 is 15.9 Å². The quantitative estimate of drug-likeness (QED) is 0.563. The predicted molar refractivity (Wildman–Crippen MR) is 88.7 cm³/mol. The smallest absolute Gasteiger partial charge is 0.0740 e. The summed E-state index contributed by atoms with van der Waals surface area (Å²) < 4.78 is 2.98. The molecule has 0 bridgehead atoms. The van der Waals surface area contributed by atoms with Crippen LogP contribution < -0.4 is 11.3 Å². The molecular weight excluding hydrogens is 328 g/mol. The summed E-state index contributed by atoms with van der Waals surface area (Å²) in [5, 5.41) is 6.71. The van der Waals surface area contributed by atoms with E-state index < -0.39 is 0 Å². The molecule has 5 heteroatoms. The van der Waals surface area contributed by atoms with Gasteiger partial charge >= 0.3 is 0 Å². The Labute approximate surface area is 132 Å². The second-order valence-electron chi connectivity index (χ2n) is 4.98. The van der Waals surface area contributed by atoms with Gasteiger partial charge in [0.25, 0.3) is 0 Å². The van der Waals surface area contributed by atoms with Gasteiger partial charge < -0.3 is 0 Å². The van der Waals surface area contributed by atoms with Crippen LogP contribution in [0.1, 0.15) is 24.1 Å². The minimum absolute atomic E-state index is 0.0571. The highest BCUT2D eigenvalue weighted by molar-refractivity contribution is 9.10. The first-order valence-electron chi connectivity index (χ1n) is 6.89. The summed E-state index contributed by atoms with van der Waals surface area (Å²) in [4.78, 5) is 0. The van der Waals surface area contributed by atoms with Gasteiger partial charge in [-0.15, -0.1) is 0 Å². The fraction of sp³-hybridized carbons (Fsp3) is 0.188. The highest BCUT2D eigenvalue weighted by atomic mass is 79.9. The van der Waals surface area contributed by atoms with E-state index in [2.05, 4.69) is 63.7 Å². The molecule has 0 amide bonds. The number of halogens is 1. The van der Waals surface area contributed by atoms with Crippen molar-refractivity contribution in [3.63, 3.8) is 0 Å².